The average molecular weight is 397 g/mol. The van der Waals surface area contributed by atoms with Crippen LogP contribution >= 0.6 is 23.1 Å². The molecule has 134 valence electrons. The Balaban J connectivity index is 1.67. The normalized spacial score (nSPS) is 18.8. The summed E-state index contributed by atoms with van der Waals surface area (Å²) in [5.41, 5.74) is 0.737. The molecule has 1 fully saturated rings. The molecule has 2 aromatic rings. The molecule has 1 atom stereocenters. The molecule has 1 aliphatic heterocycles. The molecule has 1 N–H and O–H groups in total. The lowest BCUT2D eigenvalue weighted by molar-refractivity contribution is -0.120. The molecule has 0 radical (unpaired) electrons. The first-order valence-electron chi connectivity index (χ1n) is 7.99. The first-order chi connectivity index (χ1) is 12.0. The van der Waals surface area contributed by atoms with Gasteiger partial charge in [0.05, 0.1) is 5.92 Å². The second kappa shape index (κ2) is 7.90. The smallest absolute Gasteiger partial charge is 0.252 e. The molecule has 1 aromatic heterocycles. The number of amides is 1. The minimum atomic E-state index is -3.50. The van der Waals surface area contributed by atoms with E-state index in [0.29, 0.717) is 23.6 Å². The van der Waals surface area contributed by atoms with Crippen molar-refractivity contribution in [3.63, 3.8) is 0 Å². The van der Waals surface area contributed by atoms with Gasteiger partial charge in [-0.15, -0.1) is 23.1 Å². The van der Waals surface area contributed by atoms with Gasteiger partial charge in [0.1, 0.15) is 4.21 Å². The summed E-state index contributed by atoms with van der Waals surface area (Å²) < 4.78 is 27.1. The van der Waals surface area contributed by atoms with Gasteiger partial charge in [0.25, 0.3) is 10.0 Å². The van der Waals surface area contributed by atoms with Crippen LogP contribution in [0.15, 0.2) is 50.9 Å². The highest BCUT2D eigenvalue weighted by atomic mass is 32.2. The number of rotatable bonds is 5. The van der Waals surface area contributed by atoms with E-state index >= 15 is 0 Å². The quantitative estimate of drug-likeness (QED) is 0.786. The molecule has 8 heteroatoms. The Bertz CT molecular complexity index is 817. The van der Waals surface area contributed by atoms with Gasteiger partial charge in [-0.05, 0) is 54.8 Å². The Labute approximate surface area is 156 Å². The number of hydrogen-bond acceptors (Lipinski definition) is 5. The lowest BCUT2D eigenvalue weighted by Gasteiger charge is -2.30. The minimum absolute atomic E-state index is 0.122. The van der Waals surface area contributed by atoms with Gasteiger partial charge in [0.2, 0.25) is 5.91 Å². The number of thioether (sulfide) groups is 1. The summed E-state index contributed by atoms with van der Waals surface area (Å²) in [6.45, 7) is 0.696. The zero-order chi connectivity index (χ0) is 17.9. The fraction of sp³-hybridized carbons (Fsp3) is 0.353. The van der Waals surface area contributed by atoms with E-state index in [4.69, 9.17) is 0 Å². The number of sulfonamides is 1. The van der Waals surface area contributed by atoms with Crippen LogP contribution in [0.5, 0.6) is 0 Å². The van der Waals surface area contributed by atoms with Crippen molar-refractivity contribution in [1.82, 2.24) is 4.31 Å². The lowest BCUT2D eigenvalue weighted by atomic mass is 9.99. The van der Waals surface area contributed by atoms with Crippen molar-refractivity contribution < 1.29 is 13.2 Å². The molecule has 0 aliphatic carbocycles. The first kappa shape index (κ1) is 18.4. The molecule has 1 amide bonds. The molecule has 0 saturated carbocycles. The van der Waals surface area contributed by atoms with Crippen LogP contribution in [0.25, 0.3) is 0 Å². The fourth-order valence-electron chi connectivity index (χ4n) is 2.83. The van der Waals surface area contributed by atoms with Crippen molar-refractivity contribution in [1.29, 1.82) is 0 Å². The highest BCUT2D eigenvalue weighted by molar-refractivity contribution is 7.98. The van der Waals surface area contributed by atoms with Crippen LogP contribution in [-0.2, 0) is 14.8 Å². The molecule has 5 nitrogen and oxygen atoms in total. The van der Waals surface area contributed by atoms with Crippen molar-refractivity contribution >= 4 is 44.7 Å². The molecule has 0 bridgehead atoms. The summed E-state index contributed by atoms with van der Waals surface area (Å²) >= 11 is 2.85. The van der Waals surface area contributed by atoms with Crippen LogP contribution < -0.4 is 5.32 Å². The molecule has 1 saturated heterocycles. The predicted molar refractivity (Wildman–Crippen MR) is 103 cm³/mol. The number of piperidine rings is 1. The van der Waals surface area contributed by atoms with Gasteiger partial charge in [-0.3, -0.25) is 4.79 Å². The number of nitrogens with zero attached hydrogens (tertiary/aromatic N) is 1. The van der Waals surface area contributed by atoms with E-state index in [1.807, 2.05) is 30.5 Å². The fourth-order valence-corrected chi connectivity index (χ4v) is 5.91. The number of anilines is 1. The molecule has 25 heavy (non-hydrogen) atoms. The van der Waals surface area contributed by atoms with Crippen LogP contribution in [0.2, 0.25) is 0 Å². The Kier molecular flexibility index (Phi) is 5.83. The number of carbonyl (C=O) groups excluding carboxylic acids is 1. The summed E-state index contributed by atoms with van der Waals surface area (Å²) in [7, 11) is -3.50. The maximum absolute atomic E-state index is 12.6. The summed E-state index contributed by atoms with van der Waals surface area (Å²) in [4.78, 5) is 13.7. The van der Waals surface area contributed by atoms with Crippen LogP contribution in [0, 0.1) is 5.92 Å². The van der Waals surface area contributed by atoms with E-state index in [0.717, 1.165) is 10.6 Å². The van der Waals surface area contributed by atoms with Gasteiger partial charge < -0.3 is 5.32 Å². The van der Waals surface area contributed by atoms with Crippen molar-refractivity contribution in [3.05, 3.63) is 41.8 Å². The average Bonchev–Trinajstić information content (AvgIpc) is 3.18. The van der Waals surface area contributed by atoms with Gasteiger partial charge in [-0.2, -0.15) is 4.31 Å². The van der Waals surface area contributed by atoms with E-state index in [1.54, 1.807) is 29.3 Å². The topological polar surface area (TPSA) is 66.5 Å². The zero-order valence-electron chi connectivity index (χ0n) is 13.8. The van der Waals surface area contributed by atoms with Crippen molar-refractivity contribution in [3.8, 4) is 0 Å². The monoisotopic (exact) mass is 396 g/mol. The first-order valence-corrected chi connectivity index (χ1v) is 11.5. The third kappa shape index (κ3) is 4.25. The van der Waals surface area contributed by atoms with Gasteiger partial charge >= 0.3 is 0 Å². The Hall–Kier alpha value is -1.35. The molecular formula is C17H20N2O3S3. The number of thiophene rings is 1. The third-order valence-corrected chi connectivity index (χ3v) is 8.18. The Morgan fingerprint density at radius 3 is 2.68 bits per heavy atom. The number of carbonyl (C=O) groups is 1. The molecule has 3 rings (SSSR count). The van der Waals surface area contributed by atoms with Gasteiger partial charge in [-0.25, -0.2) is 8.42 Å². The molecule has 2 heterocycles. The van der Waals surface area contributed by atoms with E-state index in [2.05, 4.69) is 5.32 Å². The van der Waals surface area contributed by atoms with E-state index in [-0.39, 0.29) is 18.4 Å². The lowest BCUT2D eigenvalue weighted by Crippen LogP contribution is -2.43. The van der Waals surface area contributed by atoms with E-state index < -0.39 is 10.0 Å². The molecule has 1 aliphatic rings. The highest BCUT2D eigenvalue weighted by Gasteiger charge is 2.33. The maximum atomic E-state index is 12.6. The second-order valence-electron chi connectivity index (χ2n) is 5.85. The van der Waals surface area contributed by atoms with E-state index in [9.17, 15) is 13.2 Å². The molecule has 1 aromatic carbocycles. The summed E-state index contributed by atoms with van der Waals surface area (Å²) in [6.07, 6.45) is 3.39. The van der Waals surface area contributed by atoms with Crippen molar-refractivity contribution in [2.45, 2.75) is 21.9 Å². The highest BCUT2D eigenvalue weighted by Crippen LogP contribution is 2.27. The van der Waals surface area contributed by atoms with Gasteiger partial charge in [0, 0.05) is 23.7 Å². The SMILES string of the molecule is CSc1ccc(NC(=O)[C@@H]2CCCN(S(=O)(=O)c3cccs3)C2)cc1. The van der Waals surface area contributed by atoms with Crippen LogP contribution in [0.3, 0.4) is 0 Å². The standard InChI is InChI=1S/C17H20N2O3S3/c1-23-15-8-6-14(7-9-15)18-17(20)13-4-2-10-19(12-13)25(21,22)16-5-3-11-24-16/h3,5-9,11,13H,2,4,10,12H2,1H3,(H,18,20)/t13-/m1/s1. The third-order valence-electron chi connectivity index (χ3n) is 4.20. The molecular weight excluding hydrogens is 376 g/mol. The van der Waals surface area contributed by atoms with Crippen LogP contribution in [0.4, 0.5) is 5.69 Å². The zero-order valence-corrected chi connectivity index (χ0v) is 16.3. The van der Waals surface area contributed by atoms with Crippen molar-refractivity contribution in [2.75, 3.05) is 24.7 Å². The van der Waals surface area contributed by atoms with Crippen LogP contribution in [-0.4, -0.2) is 38.0 Å². The largest absolute Gasteiger partial charge is 0.326 e. The predicted octanol–water partition coefficient (Wildman–Crippen LogP) is 3.51. The Morgan fingerprint density at radius 1 is 1.28 bits per heavy atom. The van der Waals surface area contributed by atoms with E-state index in [1.165, 1.54) is 15.6 Å². The summed E-state index contributed by atoms with van der Waals surface area (Å²) in [5.74, 6) is -0.452. The van der Waals surface area contributed by atoms with Crippen LogP contribution in [0.1, 0.15) is 12.8 Å². The summed E-state index contributed by atoms with van der Waals surface area (Å²) in [5, 5.41) is 4.65. The maximum Gasteiger partial charge on any atom is 0.252 e. The number of benzene rings is 1. The minimum Gasteiger partial charge on any atom is -0.326 e. The number of hydrogen-bond donors (Lipinski definition) is 1. The second-order valence-corrected chi connectivity index (χ2v) is 9.84. The Morgan fingerprint density at radius 2 is 2.04 bits per heavy atom. The summed E-state index contributed by atoms with van der Waals surface area (Å²) in [6, 6.07) is 11.0. The van der Waals surface area contributed by atoms with Gasteiger partial charge in [0.15, 0.2) is 0 Å². The van der Waals surface area contributed by atoms with Gasteiger partial charge in [-0.1, -0.05) is 6.07 Å². The number of nitrogens with one attached hydrogen (secondary N) is 1. The molecule has 0 unspecified atom stereocenters. The molecule has 0 spiro atoms. The van der Waals surface area contributed by atoms with Crippen molar-refractivity contribution in [2.24, 2.45) is 5.92 Å².